The molecule has 2 atom stereocenters. The van der Waals surface area contributed by atoms with Crippen LogP contribution in [0.4, 0.5) is 16.2 Å². The van der Waals surface area contributed by atoms with Gasteiger partial charge in [-0.25, -0.2) is 9.69 Å². The Labute approximate surface area is 336 Å². The van der Waals surface area contributed by atoms with Crippen LogP contribution in [0.3, 0.4) is 0 Å². The van der Waals surface area contributed by atoms with Crippen molar-refractivity contribution in [1.29, 1.82) is 0 Å². The van der Waals surface area contributed by atoms with Crippen LogP contribution < -0.4 is 24.6 Å². The standard InChI is InChI=1S/C43H34Cl2IN3O5/c1-53-38-21-26(20-37(46)40(38)54-24-25-12-13-35(44)36(45)19-25)18-34-41(50)47-43(52)49(42(34)51)29-22-32-30(27-8-4-2-5-9-27)14-16-48-17-15-31(33(23-29)39(32)48)28-10-6-3-7-11-28/h2-13,18-23,30-31H,14-17,24H2,1H3,(H,47,50,52)/b34-18+/t30-,31-/m1/s1. The van der Waals surface area contributed by atoms with Gasteiger partial charge in [-0.3, -0.25) is 14.9 Å². The van der Waals surface area contributed by atoms with Crippen molar-refractivity contribution < 1.29 is 23.9 Å². The van der Waals surface area contributed by atoms with Gasteiger partial charge in [-0.15, -0.1) is 0 Å². The number of nitrogens with zero attached hydrogens (tertiary/aromatic N) is 2. The first kappa shape index (κ1) is 36.2. The first-order valence-corrected chi connectivity index (χ1v) is 19.4. The van der Waals surface area contributed by atoms with Gasteiger partial charge in [0.25, 0.3) is 11.8 Å². The lowest BCUT2D eigenvalue weighted by Gasteiger charge is -2.44. The van der Waals surface area contributed by atoms with Gasteiger partial charge in [0.05, 0.1) is 26.4 Å². The zero-order valence-electron chi connectivity index (χ0n) is 29.2. The number of hydrogen-bond acceptors (Lipinski definition) is 6. The van der Waals surface area contributed by atoms with Gasteiger partial charge >= 0.3 is 6.03 Å². The van der Waals surface area contributed by atoms with Crippen molar-refractivity contribution in [1.82, 2.24) is 5.32 Å². The van der Waals surface area contributed by atoms with Crippen molar-refractivity contribution in [3.05, 3.63) is 156 Å². The molecule has 5 aromatic rings. The number of ether oxygens (including phenoxy) is 2. The number of halogens is 3. The number of nitrogens with one attached hydrogen (secondary N) is 1. The Bertz CT molecular complexity index is 2260. The zero-order chi connectivity index (χ0) is 37.5. The van der Waals surface area contributed by atoms with Crippen molar-refractivity contribution in [2.45, 2.75) is 31.3 Å². The van der Waals surface area contributed by atoms with E-state index >= 15 is 0 Å². The smallest absolute Gasteiger partial charge is 0.335 e. The van der Waals surface area contributed by atoms with Crippen LogP contribution in [0.15, 0.2) is 109 Å². The van der Waals surface area contributed by atoms with E-state index in [9.17, 15) is 14.4 Å². The SMILES string of the molecule is COc1cc(/C=C2\C(=O)NC(=O)N(c3cc4c5c(c3)[C@@H](c3ccccc3)CCN5CC[C@@H]4c3ccccc3)C2=O)cc(I)c1OCc1ccc(Cl)c(Cl)c1. The molecule has 3 heterocycles. The molecule has 54 heavy (non-hydrogen) atoms. The number of rotatable bonds is 8. The highest BCUT2D eigenvalue weighted by Gasteiger charge is 2.40. The molecule has 0 radical (unpaired) electrons. The molecule has 0 saturated carbocycles. The summed E-state index contributed by atoms with van der Waals surface area (Å²) in [6, 6.07) is 32.6. The number of carbonyl (C=O) groups is 3. The lowest BCUT2D eigenvalue weighted by atomic mass is 9.76. The third-order valence-electron chi connectivity index (χ3n) is 10.3. The number of hydrogen-bond donors (Lipinski definition) is 1. The summed E-state index contributed by atoms with van der Waals surface area (Å²) in [6.07, 6.45) is 3.27. The number of benzene rings is 5. The summed E-state index contributed by atoms with van der Waals surface area (Å²) in [5, 5.41) is 3.30. The lowest BCUT2D eigenvalue weighted by Crippen LogP contribution is -2.54. The molecule has 11 heteroatoms. The number of barbiturate groups is 1. The highest BCUT2D eigenvalue weighted by Crippen LogP contribution is 2.50. The third kappa shape index (κ3) is 6.85. The summed E-state index contributed by atoms with van der Waals surface area (Å²) in [4.78, 5) is 45.0. The molecular weight excluding hydrogens is 836 g/mol. The van der Waals surface area contributed by atoms with E-state index in [0.717, 1.165) is 47.5 Å². The van der Waals surface area contributed by atoms with Crippen molar-refractivity contribution in [2.75, 3.05) is 30.0 Å². The maximum atomic E-state index is 14.4. The van der Waals surface area contributed by atoms with E-state index < -0.39 is 17.8 Å². The molecule has 4 amide bonds. The van der Waals surface area contributed by atoms with Crippen LogP contribution in [-0.4, -0.2) is 38.0 Å². The fourth-order valence-corrected chi connectivity index (χ4v) is 8.88. The van der Waals surface area contributed by atoms with Crippen molar-refractivity contribution in [3.8, 4) is 11.5 Å². The number of imide groups is 2. The first-order valence-electron chi connectivity index (χ1n) is 17.6. The highest BCUT2D eigenvalue weighted by molar-refractivity contribution is 14.1. The van der Waals surface area contributed by atoms with Crippen LogP contribution in [-0.2, 0) is 16.2 Å². The molecule has 8 nitrogen and oxygen atoms in total. The fourth-order valence-electron chi connectivity index (χ4n) is 7.78. The normalized spacial score (nSPS) is 18.7. The Kier molecular flexibility index (Phi) is 10.1. The van der Waals surface area contributed by atoms with Gasteiger partial charge < -0.3 is 14.4 Å². The van der Waals surface area contributed by atoms with E-state index in [0.29, 0.717) is 36.4 Å². The predicted octanol–water partition coefficient (Wildman–Crippen LogP) is 9.73. The molecule has 8 rings (SSSR count). The Morgan fingerprint density at radius 2 is 1.44 bits per heavy atom. The molecule has 0 aromatic heterocycles. The minimum Gasteiger partial charge on any atom is -0.493 e. The van der Waals surface area contributed by atoms with E-state index in [-0.39, 0.29) is 24.0 Å². The van der Waals surface area contributed by atoms with Gasteiger partial charge in [-0.2, -0.15) is 0 Å². The molecule has 272 valence electrons. The Morgan fingerprint density at radius 3 is 2.04 bits per heavy atom. The largest absolute Gasteiger partial charge is 0.493 e. The molecule has 0 spiro atoms. The molecule has 0 aliphatic carbocycles. The molecule has 1 fully saturated rings. The summed E-state index contributed by atoms with van der Waals surface area (Å²) >= 11 is 14.4. The molecule has 5 aromatic carbocycles. The predicted molar refractivity (Wildman–Crippen MR) is 220 cm³/mol. The number of amides is 4. The number of methoxy groups -OCH3 is 1. The molecule has 0 bridgehead atoms. The fraction of sp³-hybridized carbons (Fsp3) is 0.186. The van der Waals surface area contributed by atoms with Crippen LogP contribution in [0.5, 0.6) is 11.5 Å². The number of anilines is 2. The summed E-state index contributed by atoms with van der Waals surface area (Å²) in [5.41, 5.74) is 7.25. The van der Waals surface area contributed by atoms with Gasteiger partial charge in [0.2, 0.25) is 0 Å². The summed E-state index contributed by atoms with van der Waals surface area (Å²) in [6.45, 7) is 2.03. The number of carbonyl (C=O) groups excluding carboxylic acids is 3. The summed E-state index contributed by atoms with van der Waals surface area (Å²) in [5.74, 6) is -0.455. The Balaban J connectivity index is 1.18. The van der Waals surface area contributed by atoms with Crippen LogP contribution in [0.1, 0.15) is 58.1 Å². The zero-order valence-corrected chi connectivity index (χ0v) is 32.8. The molecule has 3 aliphatic heterocycles. The molecule has 1 saturated heterocycles. The molecule has 1 N–H and O–H groups in total. The van der Waals surface area contributed by atoms with Crippen LogP contribution in [0.2, 0.25) is 10.0 Å². The quantitative estimate of drug-likeness (QED) is 0.0950. The average Bonchev–Trinajstić information content (AvgIpc) is 3.18. The van der Waals surface area contributed by atoms with Crippen LogP contribution in [0.25, 0.3) is 6.08 Å². The summed E-state index contributed by atoms with van der Waals surface area (Å²) < 4.78 is 12.5. The Morgan fingerprint density at radius 1 is 0.815 bits per heavy atom. The molecule has 0 unspecified atom stereocenters. The van der Waals surface area contributed by atoms with E-state index in [4.69, 9.17) is 32.7 Å². The van der Waals surface area contributed by atoms with Crippen LogP contribution >= 0.6 is 45.8 Å². The van der Waals surface area contributed by atoms with E-state index in [1.54, 1.807) is 24.3 Å². The monoisotopic (exact) mass is 869 g/mol. The van der Waals surface area contributed by atoms with Gasteiger partial charge in [0.1, 0.15) is 12.2 Å². The van der Waals surface area contributed by atoms with Crippen LogP contribution in [0, 0.1) is 3.57 Å². The van der Waals surface area contributed by atoms with E-state index in [1.165, 1.54) is 30.0 Å². The van der Waals surface area contributed by atoms with Crippen molar-refractivity contribution in [3.63, 3.8) is 0 Å². The third-order valence-corrected chi connectivity index (χ3v) is 11.8. The highest BCUT2D eigenvalue weighted by atomic mass is 127. The van der Waals surface area contributed by atoms with E-state index in [1.807, 2.05) is 54.6 Å². The average molecular weight is 871 g/mol. The minimum absolute atomic E-state index is 0.0669. The Hall–Kier alpha value is -4.84. The van der Waals surface area contributed by atoms with E-state index in [2.05, 4.69) is 57.1 Å². The second-order valence-electron chi connectivity index (χ2n) is 13.5. The van der Waals surface area contributed by atoms with Gasteiger partial charge in [-0.1, -0.05) is 89.9 Å². The topological polar surface area (TPSA) is 88.2 Å². The van der Waals surface area contributed by atoms with Gasteiger partial charge in [0.15, 0.2) is 11.5 Å². The maximum Gasteiger partial charge on any atom is 0.335 e. The maximum absolute atomic E-state index is 14.4. The van der Waals surface area contributed by atoms with Crippen molar-refractivity contribution >= 4 is 81.1 Å². The van der Waals surface area contributed by atoms with Gasteiger partial charge in [-0.05, 0) is 111 Å². The first-order chi connectivity index (χ1) is 26.2. The second-order valence-corrected chi connectivity index (χ2v) is 15.5. The van der Waals surface area contributed by atoms with Gasteiger partial charge in [0, 0.05) is 30.6 Å². The summed E-state index contributed by atoms with van der Waals surface area (Å²) in [7, 11) is 1.52. The minimum atomic E-state index is -0.788. The molecule has 3 aliphatic rings. The molecular formula is C43H34Cl2IN3O5. The lowest BCUT2D eigenvalue weighted by molar-refractivity contribution is -0.122. The second kappa shape index (κ2) is 15.1. The van der Waals surface area contributed by atoms with Crippen molar-refractivity contribution in [2.24, 2.45) is 0 Å². The number of urea groups is 1.